The molecule has 0 radical (unpaired) electrons. The zero-order valence-electron chi connectivity index (χ0n) is 21.2. The number of carbonyl (C=O) groups excluding carboxylic acids is 2. The van der Waals surface area contributed by atoms with Crippen molar-refractivity contribution < 1.29 is 23.8 Å². The lowest BCUT2D eigenvalue weighted by atomic mass is 10.1. The number of amidine groups is 1. The second kappa shape index (κ2) is 11.8. The highest BCUT2D eigenvalue weighted by Crippen LogP contribution is 2.35. The standard InChI is InChI=1S/C29H28N2O5S/c1-5-35-25-16-21(10-15-24(25)36-18-20-8-6-19(2)7-9-20)17-26-27(32)31(3)29(37-26)30-23-13-11-22(12-14-23)28(33)34-4/h6-17H,5,18H2,1-4H3. The maximum absolute atomic E-state index is 12.9. The quantitative estimate of drug-likeness (QED) is 0.270. The van der Waals surface area contributed by atoms with E-state index in [9.17, 15) is 9.59 Å². The van der Waals surface area contributed by atoms with Crippen molar-refractivity contribution in [3.63, 3.8) is 0 Å². The summed E-state index contributed by atoms with van der Waals surface area (Å²) in [6.45, 7) is 4.89. The lowest BCUT2D eigenvalue weighted by Gasteiger charge is -2.13. The third-order valence-electron chi connectivity index (χ3n) is 5.60. The molecule has 0 saturated carbocycles. The Morgan fingerprint density at radius 2 is 1.73 bits per heavy atom. The van der Waals surface area contributed by atoms with Crippen LogP contribution in [0, 0.1) is 6.92 Å². The van der Waals surface area contributed by atoms with E-state index < -0.39 is 5.97 Å². The largest absolute Gasteiger partial charge is 0.490 e. The Bertz CT molecular complexity index is 1350. The molecule has 37 heavy (non-hydrogen) atoms. The number of rotatable bonds is 8. The number of benzene rings is 3. The van der Waals surface area contributed by atoms with Crippen molar-refractivity contribution in [3.05, 3.63) is 93.9 Å². The van der Waals surface area contributed by atoms with Crippen molar-refractivity contribution in [3.8, 4) is 11.5 Å². The Balaban J connectivity index is 1.51. The molecule has 3 aromatic rings. The van der Waals surface area contributed by atoms with Crippen LogP contribution in [0.5, 0.6) is 11.5 Å². The number of thioether (sulfide) groups is 1. The van der Waals surface area contributed by atoms with E-state index in [2.05, 4.69) is 24.0 Å². The third-order valence-corrected chi connectivity index (χ3v) is 6.66. The van der Waals surface area contributed by atoms with Crippen molar-refractivity contribution in [2.24, 2.45) is 4.99 Å². The predicted molar refractivity (Wildman–Crippen MR) is 146 cm³/mol. The molecule has 190 valence electrons. The Labute approximate surface area is 220 Å². The summed E-state index contributed by atoms with van der Waals surface area (Å²) < 4.78 is 16.6. The van der Waals surface area contributed by atoms with Crippen LogP contribution in [0.4, 0.5) is 5.69 Å². The van der Waals surface area contributed by atoms with Crippen LogP contribution in [0.2, 0.25) is 0 Å². The second-order valence-corrected chi connectivity index (χ2v) is 9.33. The fourth-order valence-corrected chi connectivity index (χ4v) is 4.54. The molecule has 1 amide bonds. The summed E-state index contributed by atoms with van der Waals surface area (Å²) in [7, 11) is 3.02. The van der Waals surface area contributed by atoms with Crippen molar-refractivity contribution in [1.82, 2.24) is 4.90 Å². The van der Waals surface area contributed by atoms with E-state index in [-0.39, 0.29) is 5.91 Å². The molecule has 0 aliphatic carbocycles. The van der Waals surface area contributed by atoms with E-state index >= 15 is 0 Å². The molecule has 0 spiro atoms. The Kier molecular flexibility index (Phi) is 8.30. The molecular formula is C29H28N2O5S. The fraction of sp³-hybridized carbons (Fsp3) is 0.207. The molecule has 0 unspecified atom stereocenters. The first-order valence-corrected chi connectivity index (χ1v) is 12.6. The second-order valence-electron chi connectivity index (χ2n) is 8.32. The number of ether oxygens (including phenoxy) is 3. The Morgan fingerprint density at radius 1 is 1.00 bits per heavy atom. The van der Waals surface area contributed by atoms with Crippen LogP contribution >= 0.6 is 11.8 Å². The summed E-state index contributed by atoms with van der Waals surface area (Å²) in [6, 6.07) is 20.5. The first-order valence-electron chi connectivity index (χ1n) is 11.8. The first kappa shape index (κ1) is 26.0. The van der Waals surface area contributed by atoms with Crippen LogP contribution in [-0.4, -0.2) is 42.7 Å². The van der Waals surface area contributed by atoms with Gasteiger partial charge in [0, 0.05) is 7.05 Å². The molecular weight excluding hydrogens is 488 g/mol. The highest BCUT2D eigenvalue weighted by Gasteiger charge is 2.30. The molecule has 0 atom stereocenters. The minimum Gasteiger partial charge on any atom is -0.490 e. The first-order chi connectivity index (χ1) is 17.9. The van der Waals surface area contributed by atoms with E-state index in [0.717, 1.165) is 11.1 Å². The summed E-state index contributed by atoms with van der Waals surface area (Å²) in [5.74, 6) is 0.703. The average molecular weight is 517 g/mol. The minimum atomic E-state index is -0.412. The van der Waals surface area contributed by atoms with Gasteiger partial charge in [0.15, 0.2) is 16.7 Å². The number of aryl methyl sites for hydroxylation is 1. The molecule has 8 heteroatoms. The smallest absolute Gasteiger partial charge is 0.337 e. The average Bonchev–Trinajstić information content (AvgIpc) is 3.17. The number of hydrogen-bond donors (Lipinski definition) is 0. The van der Waals surface area contributed by atoms with Crippen molar-refractivity contribution in [1.29, 1.82) is 0 Å². The molecule has 1 saturated heterocycles. The molecule has 0 aromatic heterocycles. The maximum Gasteiger partial charge on any atom is 0.337 e. The Morgan fingerprint density at radius 3 is 2.41 bits per heavy atom. The normalized spacial score (nSPS) is 15.4. The van der Waals surface area contributed by atoms with Gasteiger partial charge >= 0.3 is 5.97 Å². The topological polar surface area (TPSA) is 77.4 Å². The SMILES string of the molecule is CCOc1cc(C=C2SC(=Nc3ccc(C(=O)OC)cc3)N(C)C2=O)ccc1OCc1ccc(C)cc1. The molecule has 0 bridgehead atoms. The van der Waals surface area contributed by atoms with Gasteiger partial charge in [0.1, 0.15) is 6.61 Å². The highest BCUT2D eigenvalue weighted by molar-refractivity contribution is 8.18. The zero-order chi connectivity index (χ0) is 26.4. The molecule has 3 aromatic carbocycles. The summed E-state index contributed by atoms with van der Waals surface area (Å²) in [5.41, 5.74) is 4.16. The lowest BCUT2D eigenvalue weighted by Crippen LogP contribution is -2.23. The molecule has 1 aliphatic heterocycles. The zero-order valence-corrected chi connectivity index (χ0v) is 22.0. The van der Waals surface area contributed by atoms with Gasteiger partial charge in [-0.25, -0.2) is 9.79 Å². The maximum atomic E-state index is 12.9. The van der Waals surface area contributed by atoms with Crippen LogP contribution in [-0.2, 0) is 16.1 Å². The summed E-state index contributed by atoms with van der Waals surface area (Å²) in [5, 5.41) is 0.546. The minimum absolute atomic E-state index is 0.146. The van der Waals surface area contributed by atoms with Gasteiger partial charge in [-0.1, -0.05) is 35.9 Å². The van der Waals surface area contributed by atoms with Crippen LogP contribution in [0.3, 0.4) is 0 Å². The number of likely N-dealkylation sites (N-methyl/N-ethyl adjacent to an activating group) is 1. The summed E-state index contributed by atoms with van der Waals surface area (Å²) >= 11 is 1.29. The summed E-state index contributed by atoms with van der Waals surface area (Å²) in [6.07, 6.45) is 1.82. The molecule has 1 heterocycles. The molecule has 1 fully saturated rings. The fourth-order valence-electron chi connectivity index (χ4n) is 3.55. The number of nitrogens with zero attached hydrogens (tertiary/aromatic N) is 2. The van der Waals surface area contributed by atoms with Gasteiger partial charge in [0.25, 0.3) is 5.91 Å². The molecule has 0 N–H and O–H groups in total. The van der Waals surface area contributed by atoms with Crippen LogP contribution in [0.1, 0.15) is 34.0 Å². The number of aliphatic imine (C=N–C) groups is 1. The monoisotopic (exact) mass is 516 g/mol. The van der Waals surface area contributed by atoms with E-state index in [1.807, 2.05) is 43.3 Å². The van der Waals surface area contributed by atoms with E-state index in [1.165, 1.54) is 29.3 Å². The number of methoxy groups -OCH3 is 1. The number of amides is 1. The highest BCUT2D eigenvalue weighted by atomic mass is 32.2. The van der Waals surface area contributed by atoms with Crippen LogP contribution in [0.15, 0.2) is 76.6 Å². The van der Waals surface area contributed by atoms with E-state index in [0.29, 0.717) is 46.0 Å². The number of esters is 1. The lowest BCUT2D eigenvalue weighted by molar-refractivity contribution is -0.121. The molecule has 1 aliphatic rings. The number of hydrogen-bond acceptors (Lipinski definition) is 7. The van der Waals surface area contributed by atoms with Gasteiger partial charge in [-0.3, -0.25) is 9.69 Å². The molecule has 7 nitrogen and oxygen atoms in total. The van der Waals surface area contributed by atoms with E-state index in [1.54, 1.807) is 31.3 Å². The van der Waals surface area contributed by atoms with E-state index in [4.69, 9.17) is 14.2 Å². The van der Waals surface area contributed by atoms with Gasteiger partial charge < -0.3 is 14.2 Å². The summed E-state index contributed by atoms with van der Waals surface area (Å²) in [4.78, 5) is 31.2. The van der Waals surface area contributed by atoms with Crippen molar-refractivity contribution >= 4 is 40.6 Å². The van der Waals surface area contributed by atoms with Crippen molar-refractivity contribution in [2.45, 2.75) is 20.5 Å². The number of carbonyl (C=O) groups is 2. The molecule has 4 rings (SSSR count). The Hall–Kier alpha value is -4.04. The van der Waals surface area contributed by atoms with Gasteiger partial charge in [-0.15, -0.1) is 0 Å². The third kappa shape index (κ3) is 6.40. The van der Waals surface area contributed by atoms with Crippen molar-refractivity contribution in [2.75, 3.05) is 20.8 Å². The van der Waals surface area contributed by atoms with Crippen LogP contribution < -0.4 is 9.47 Å². The van der Waals surface area contributed by atoms with Crippen LogP contribution in [0.25, 0.3) is 6.08 Å². The van der Waals surface area contributed by atoms with Gasteiger partial charge in [0.05, 0.1) is 29.9 Å². The van der Waals surface area contributed by atoms with Gasteiger partial charge in [-0.05, 0) is 79.2 Å². The van der Waals surface area contributed by atoms with Gasteiger partial charge in [0.2, 0.25) is 0 Å². The predicted octanol–water partition coefficient (Wildman–Crippen LogP) is 5.99. The van der Waals surface area contributed by atoms with Gasteiger partial charge in [-0.2, -0.15) is 0 Å².